The van der Waals surface area contributed by atoms with Gasteiger partial charge in [-0.1, -0.05) is 18.2 Å². The van der Waals surface area contributed by atoms with Gasteiger partial charge < -0.3 is 20.5 Å². The number of methoxy groups -OCH3 is 1. The predicted molar refractivity (Wildman–Crippen MR) is 101 cm³/mol. The fourth-order valence-corrected chi connectivity index (χ4v) is 2.70. The van der Waals surface area contributed by atoms with Crippen molar-refractivity contribution < 1.29 is 19.1 Å². The summed E-state index contributed by atoms with van der Waals surface area (Å²) in [6.07, 6.45) is 0.609. The number of ether oxygens (including phenoxy) is 2. The van der Waals surface area contributed by atoms with Crippen molar-refractivity contribution in [2.24, 2.45) is 0 Å². The lowest BCUT2D eigenvalue weighted by Gasteiger charge is -2.19. The molecule has 0 aliphatic heterocycles. The summed E-state index contributed by atoms with van der Waals surface area (Å²) in [5.74, 6) is 0.546. The molecule has 3 N–H and O–H groups in total. The fraction of sp³-hybridized carbons (Fsp3) is 0.250. The van der Waals surface area contributed by atoms with Crippen LogP contribution in [0.25, 0.3) is 0 Å². The van der Waals surface area contributed by atoms with Crippen LogP contribution in [0, 0.1) is 11.3 Å². The molecule has 1 atom stereocenters. The van der Waals surface area contributed by atoms with E-state index in [9.17, 15) is 14.9 Å². The smallest absolute Gasteiger partial charge is 0.254 e. The molecule has 0 aromatic heterocycles. The molecule has 0 spiro atoms. The molecule has 1 amide bonds. The summed E-state index contributed by atoms with van der Waals surface area (Å²) in [6.45, 7) is 2.29. The molecule has 0 radical (unpaired) electrons. The van der Waals surface area contributed by atoms with Crippen LogP contribution in [0.2, 0.25) is 0 Å². The van der Waals surface area contributed by atoms with E-state index in [4.69, 9.17) is 15.2 Å². The molecule has 7 nitrogen and oxygen atoms in total. The Kier molecular flexibility index (Phi) is 6.78. The Labute approximate surface area is 157 Å². The van der Waals surface area contributed by atoms with Gasteiger partial charge in [-0.25, -0.2) is 0 Å². The summed E-state index contributed by atoms with van der Waals surface area (Å²) in [7, 11) is 1.53. The highest BCUT2D eigenvalue weighted by Gasteiger charge is 2.21. The summed E-state index contributed by atoms with van der Waals surface area (Å²) in [6, 6.07) is 11.3. The van der Waals surface area contributed by atoms with Gasteiger partial charge in [0.2, 0.25) is 0 Å². The first-order valence-corrected chi connectivity index (χ1v) is 8.37. The number of rotatable bonds is 8. The molecule has 7 heteroatoms. The van der Waals surface area contributed by atoms with Crippen molar-refractivity contribution in [2.45, 2.75) is 19.4 Å². The SMILES string of the molecule is CCOc1cc(C(CC#N)NC(=O)c2c(N)cccc2C=O)ccc1OC. The molecule has 0 aliphatic carbocycles. The van der Waals surface area contributed by atoms with Gasteiger partial charge in [-0.05, 0) is 30.7 Å². The number of hydrogen-bond acceptors (Lipinski definition) is 6. The zero-order valence-corrected chi connectivity index (χ0v) is 15.2. The summed E-state index contributed by atoms with van der Waals surface area (Å²) in [4.78, 5) is 24.0. The molecular formula is C20H21N3O4. The van der Waals surface area contributed by atoms with Gasteiger partial charge in [0.05, 0.1) is 37.8 Å². The molecule has 0 heterocycles. The van der Waals surface area contributed by atoms with Gasteiger partial charge in [-0.2, -0.15) is 5.26 Å². The van der Waals surface area contributed by atoms with Gasteiger partial charge in [0, 0.05) is 11.3 Å². The van der Waals surface area contributed by atoms with E-state index in [2.05, 4.69) is 11.4 Å². The van der Waals surface area contributed by atoms with Crippen molar-refractivity contribution in [2.75, 3.05) is 19.5 Å². The van der Waals surface area contributed by atoms with Gasteiger partial charge in [0.15, 0.2) is 17.8 Å². The molecular weight excluding hydrogens is 346 g/mol. The second-order valence-electron chi connectivity index (χ2n) is 5.66. The summed E-state index contributed by atoms with van der Waals surface area (Å²) >= 11 is 0. The second kappa shape index (κ2) is 9.25. The minimum Gasteiger partial charge on any atom is -0.493 e. The molecule has 0 aliphatic rings. The van der Waals surface area contributed by atoms with Crippen LogP contribution in [-0.2, 0) is 0 Å². The number of anilines is 1. The van der Waals surface area contributed by atoms with Crippen molar-refractivity contribution in [3.05, 3.63) is 53.1 Å². The van der Waals surface area contributed by atoms with Crippen molar-refractivity contribution in [3.8, 4) is 17.6 Å². The maximum absolute atomic E-state index is 12.7. The van der Waals surface area contributed by atoms with Crippen molar-refractivity contribution >= 4 is 17.9 Å². The van der Waals surface area contributed by atoms with Crippen LogP contribution in [0.5, 0.6) is 11.5 Å². The van der Waals surface area contributed by atoms with Crippen LogP contribution >= 0.6 is 0 Å². The lowest BCUT2D eigenvalue weighted by atomic mass is 10.0. The molecule has 1 unspecified atom stereocenters. The van der Waals surface area contributed by atoms with E-state index in [1.54, 1.807) is 30.3 Å². The molecule has 27 heavy (non-hydrogen) atoms. The summed E-state index contributed by atoms with van der Waals surface area (Å²) in [5.41, 5.74) is 7.02. The maximum atomic E-state index is 12.7. The number of nitrogens with zero attached hydrogens (tertiary/aromatic N) is 1. The van der Waals surface area contributed by atoms with E-state index in [1.165, 1.54) is 13.2 Å². The molecule has 2 aromatic carbocycles. The van der Waals surface area contributed by atoms with Crippen molar-refractivity contribution in [1.82, 2.24) is 5.32 Å². The Morgan fingerprint density at radius 1 is 1.33 bits per heavy atom. The second-order valence-corrected chi connectivity index (χ2v) is 5.66. The molecule has 2 rings (SSSR count). The lowest BCUT2D eigenvalue weighted by Crippen LogP contribution is -2.30. The molecule has 0 bridgehead atoms. The molecule has 2 aromatic rings. The summed E-state index contributed by atoms with van der Waals surface area (Å²) in [5, 5.41) is 11.9. The average Bonchev–Trinajstić information content (AvgIpc) is 2.67. The number of nitriles is 1. The van der Waals surface area contributed by atoms with Gasteiger partial charge in [-0.3, -0.25) is 9.59 Å². The maximum Gasteiger partial charge on any atom is 0.254 e. The van der Waals surface area contributed by atoms with Crippen LogP contribution < -0.4 is 20.5 Å². The lowest BCUT2D eigenvalue weighted by molar-refractivity contribution is 0.0933. The van der Waals surface area contributed by atoms with E-state index in [1.807, 2.05) is 6.92 Å². The first-order chi connectivity index (χ1) is 13.0. The topological polar surface area (TPSA) is 114 Å². The molecule has 0 saturated carbocycles. The number of benzene rings is 2. The Bertz CT molecular complexity index is 874. The monoisotopic (exact) mass is 367 g/mol. The summed E-state index contributed by atoms with van der Waals surface area (Å²) < 4.78 is 10.8. The average molecular weight is 367 g/mol. The number of aldehydes is 1. The normalized spacial score (nSPS) is 11.1. The van der Waals surface area contributed by atoms with Gasteiger partial charge in [0.1, 0.15) is 0 Å². The van der Waals surface area contributed by atoms with Crippen molar-refractivity contribution in [1.29, 1.82) is 5.26 Å². The largest absolute Gasteiger partial charge is 0.493 e. The van der Waals surface area contributed by atoms with Crippen LogP contribution in [0.3, 0.4) is 0 Å². The molecule has 0 saturated heterocycles. The molecule has 140 valence electrons. The Balaban J connectivity index is 2.36. The van der Waals surface area contributed by atoms with E-state index < -0.39 is 11.9 Å². The van der Waals surface area contributed by atoms with Gasteiger partial charge >= 0.3 is 0 Å². The first kappa shape index (κ1) is 19.8. The number of nitrogens with two attached hydrogens (primary N) is 1. The highest BCUT2D eigenvalue weighted by atomic mass is 16.5. The third-order valence-electron chi connectivity index (χ3n) is 3.97. The minimum absolute atomic E-state index is 0.0345. The Hall–Kier alpha value is -3.53. The Morgan fingerprint density at radius 2 is 2.11 bits per heavy atom. The van der Waals surface area contributed by atoms with Crippen LogP contribution in [0.4, 0.5) is 5.69 Å². The number of amides is 1. The zero-order valence-electron chi connectivity index (χ0n) is 15.2. The Morgan fingerprint density at radius 3 is 2.74 bits per heavy atom. The van der Waals surface area contributed by atoms with Crippen LogP contribution in [-0.4, -0.2) is 25.9 Å². The number of nitrogen functional groups attached to an aromatic ring is 1. The number of carbonyl (C=O) groups is 2. The van der Waals surface area contributed by atoms with Crippen molar-refractivity contribution in [3.63, 3.8) is 0 Å². The van der Waals surface area contributed by atoms with E-state index in [0.717, 1.165) is 0 Å². The molecule has 0 fully saturated rings. The number of carbonyl (C=O) groups excluding carboxylic acids is 2. The predicted octanol–water partition coefficient (Wildman–Crippen LogP) is 2.87. The number of nitrogens with one attached hydrogen (secondary N) is 1. The third kappa shape index (κ3) is 4.55. The zero-order chi connectivity index (χ0) is 19.8. The van der Waals surface area contributed by atoms with E-state index in [-0.39, 0.29) is 23.2 Å². The third-order valence-corrected chi connectivity index (χ3v) is 3.97. The highest BCUT2D eigenvalue weighted by Crippen LogP contribution is 2.31. The number of hydrogen-bond donors (Lipinski definition) is 2. The minimum atomic E-state index is -0.605. The van der Waals surface area contributed by atoms with E-state index in [0.29, 0.717) is 30.0 Å². The first-order valence-electron chi connectivity index (χ1n) is 8.37. The fourth-order valence-electron chi connectivity index (χ4n) is 2.70. The standard InChI is InChI=1S/C20H21N3O4/c1-3-27-18-11-13(7-8-17(18)26-2)16(9-10-21)23-20(25)19-14(12-24)5-4-6-15(19)22/h4-8,11-12,16H,3,9,22H2,1-2H3,(H,23,25). The van der Waals surface area contributed by atoms with Crippen LogP contribution in [0.1, 0.15) is 45.7 Å². The van der Waals surface area contributed by atoms with E-state index >= 15 is 0 Å². The van der Waals surface area contributed by atoms with Gasteiger partial charge in [0.25, 0.3) is 5.91 Å². The van der Waals surface area contributed by atoms with Crippen LogP contribution in [0.15, 0.2) is 36.4 Å². The quantitative estimate of drug-likeness (QED) is 0.548. The van der Waals surface area contributed by atoms with Gasteiger partial charge in [-0.15, -0.1) is 0 Å². The highest BCUT2D eigenvalue weighted by molar-refractivity contribution is 6.05.